The number of hydrogen-bond acceptors (Lipinski definition) is 4. The van der Waals surface area contributed by atoms with Crippen LogP contribution in [0.5, 0.6) is 0 Å². The number of hydrazone groups is 1. The van der Waals surface area contributed by atoms with Crippen molar-refractivity contribution in [3.8, 4) is 0 Å². The molecule has 2 heterocycles. The highest BCUT2D eigenvalue weighted by Gasteiger charge is 2.22. The van der Waals surface area contributed by atoms with Crippen LogP contribution in [0.2, 0.25) is 0 Å². The van der Waals surface area contributed by atoms with Crippen molar-refractivity contribution in [1.29, 1.82) is 0 Å². The zero-order valence-electron chi connectivity index (χ0n) is 8.18. The van der Waals surface area contributed by atoms with Crippen LogP contribution in [0.3, 0.4) is 0 Å². The van der Waals surface area contributed by atoms with Crippen LogP contribution in [0.4, 0.5) is 0 Å². The molecule has 5 heteroatoms. The molecule has 0 aliphatic carbocycles. The first-order valence-corrected chi connectivity index (χ1v) is 5.72. The zero-order valence-corrected chi connectivity index (χ0v) is 9.00. The third kappa shape index (κ3) is 2.87. The van der Waals surface area contributed by atoms with Gasteiger partial charge < -0.3 is 4.74 Å². The number of ether oxygens (including phenoxy) is 1. The van der Waals surface area contributed by atoms with Gasteiger partial charge in [-0.15, -0.1) is 11.3 Å². The molecule has 1 atom stereocenters. The molecular formula is C10H12N2O2S. The summed E-state index contributed by atoms with van der Waals surface area (Å²) in [5.74, 6) is -0.152. The van der Waals surface area contributed by atoms with Gasteiger partial charge in [-0.1, -0.05) is 6.07 Å². The van der Waals surface area contributed by atoms with Gasteiger partial charge in [0.25, 0.3) is 5.91 Å². The fourth-order valence-electron chi connectivity index (χ4n) is 1.38. The monoisotopic (exact) mass is 224 g/mol. The number of rotatable bonds is 3. The van der Waals surface area contributed by atoms with E-state index in [4.69, 9.17) is 4.74 Å². The Morgan fingerprint density at radius 3 is 3.33 bits per heavy atom. The largest absolute Gasteiger partial charge is 0.368 e. The van der Waals surface area contributed by atoms with Crippen LogP contribution >= 0.6 is 11.3 Å². The van der Waals surface area contributed by atoms with Crippen LogP contribution in [0.15, 0.2) is 22.6 Å². The van der Waals surface area contributed by atoms with Crippen LogP contribution in [-0.4, -0.2) is 24.8 Å². The Bertz CT molecular complexity index is 342. The Hall–Kier alpha value is -1.20. The molecule has 0 saturated carbocycles. The van der Waals surface area contributed by atoms with Gasteiger partial charge in [-0.2, -0.15) is 5.10 Å². The van der Waals surface area contributed by atoms with E-state index in [1.807, 2.05) is 17.5 Å². The number of nitrogens with zero attached hydrogens (tertiary/aromatic N) is 1. The molecule has 1 aromatic heterocycles. The van der Waals surface area contributed by atoms with Crippen molar-refractivity contribution in [3.63, 3.8) is 0 Å². The second-order valence-corrected chi connectivity index (χ2v) is 4.23. The summed E-state index contributed by atoms with van der Waals surface area (Å²) in [5, 5.41) is 5.83. The first-order chi connectivity index (χ1) is 7.36. The second kappa shape index (κ2) is 5.04. The number of carbonyl (C=O) groups excluding carboxylic acids is 1. The van der Waals surface area contributed by atoms with Gasteiger partial charge in [0.2, 0.25) is 0 Å². The lowest BCUT2D eigenvalue weighted by atomic mass is 10.2. The van der Waals surface area contributed by atoms with Crippen LogP contribution in [0, 0.1) is 0 Å². The van der Waals surface area contributed by atoms with Crippen LogP contribution < -0.4 is 5.43 Å². The van der Waals surface area contributed by atoms with Crippen molar-refractivity contribution in [2.75, 3.05) is 6.61 Å². The zero-order chi connectivity index (χ0) is 10.5. The average molecular weight is 224 g/mol. The SMILES string of the molecule is O=C(N/N=C/c1cccs1)C1CCCO1. The Morgan fingerprint density at radius 2 is 2.67 bits per heavy atom. The molecular weight excluding hydrogens is 212 g/mol. The van der Waals surface area contributed by atoms with E-state index in [-0.39, 0.29) is 12.0 Å². The molecule has 0 radical (unpaired) electrons. The van der Waals surface area contributed by atoms with Gasteiger partial charge in [-0.25, -0.2) is 5.43 Å². The van der Waals surface area contributed by atoms with Gasteiger partial charge in [0, 0.05) is 11.5 Å². The molecule has 1 aliphatic rings. The van der Waals surface area contributed by atoms with E-state index in [1.54, 1.807) is 17.6 Å². The highest BCUT2D eigenvalue weighted by molar-refractivity contribution is 7.11. The van der Waals surface area contributed by atoms with Crippen molar-refractivity contribution in [1.82, 2.24) is 5.43 Å². The van der Waals surface area contributed by atoms with E-state index in [2.05, 4.69) is 10.5 Å². The highest BCUT2D eigenvalue weighted by atomic mass is 32.1. The van der Waals surface area contributed by atoms with E-state index in [0.717, 1.165) is 17.7 Å². The Balaban J connectivity index is 1.80. The van der Waals surface area contributed by atoms with E-state index in [0.29, 0.717) is 6.61 Å². The molecule has 0 spiro atoms. The molecule has 1 unspecified atom stereocenters. The van der Waals surface area contributed by atoms with Crippen LogP contribution in [0.1, 0.15) is 17.7 Å². The predicted molar refractivity (Wildman–Crippen MR) is 59.0 cm³/mol. The van der Waals surface area contributed by atoms with Gasteiger partial charge in [0.05, 0.1) is 6.21 Å². The summed E-state index contributed by atoms with van der Waals surface area (Å²) >= 11 is 1.57. The van der Waals surface area contributed by atoms with Crippen molar-refractivity contribution in [3.05, 3.63) is 22.4 Å². The third-order valence-corrected chi connectivity index (χ3v) is 2.94. The topological polar surface area (TPSA) is 50.7 Å². The summed E-state index contributed by atoms with van der Waals surface area (Å²) in [6.07, 6.45) is 3.07. The van der Waals surface area contributed by atoms with Gasteiger partial charge in [-0.05, 0) is 24.3 Å². The Labute approximate surface area is 91.9 Å². The van der Waals surface area contributed by atoms with Crippen molar-refractivity contribution < 1.29 is 9.53 Å². The minimum Gasteiger partial charge on any atom is -0.368 e. The fraction of sp³-hybridized carbons (Fsp3) is 0.400. The fourth-order valence-corrected chi connectivity index (χ4v) is 1.97. The average Bonchev–Trinajstić information content (AvgIpc) is 2.90. The summed E-state index contributed by atoms with van der Waals surface area (Å²) < 4.78 is 5.22. The Morgan fingerprint density at radius 1 is 1.73 bits per heavy atom. The molecule has 1 aromatic rings. The van der Waals surface area contributed by atoms with Gasteiger partial charge in [0.15, 0.2) is 0 Å². The minimum absolute atomic E-state index is 0.152. The maximum atomic E-state index is 11.4. The molecule has 80 valence electrons. The lowest BCUT2D eigenvalue weighted by molar-refractivity contribution is -0.130. The molecule has 15 heavy (non-hydrogen) atoms. The molecule has 2 rings (SSSR count). The standard InChI is InChI=1S/C10H12N2O2S/c13-10(9-4-1-5-14-9)12-11-7-8-3-2-6-15-8/h2-3,6-7,9H,1,4-5H2,(H,12,13)/b11-7+. The van der Waals surface area contributed by atoms with E-state index in [1.165, 1.54) is 0 Å². The van der Waals surface area contributed by atoms with E-state index >= 15 is 0 Å². The summed E-state index contributed by atoms with van der Waals surface area (Å²) in [7, 11) is 0. The molecule has 1 saturated heterocycles. The van der Waals surface area contributed by atoms with Crippen LogP contribution in [-0.2, 0) is 9.53 Å². The summed E-state index contributed by atoms with van der Waals surface area (Å²) in [6, 6.07) is 3.88. The number of hydrogen-bond donors (Lipinski definition) is 1. The molecule has 1 N–H and O–H groups in total. The number of amides is 1. The number of carbonyl (C=O) groups is 1. The molecule has 0 bridgehead atoms. The van der Waals surface area contributed by atoms with Crippen LogP contribution in [0.25, 0.3) is 0 Å². The molecule has 1 fully saturated rings. The summed E-state index contributed by atoms with van der Waals surface area (Å²) in [6.45, 7) is 0.673. The third-order valence-electron chi connectivity index (χ3n) is 2.13. The van der Waals surface area contributed by atoms with Gasteiger partial charge in [0.1, 0.15) is 6.10 Å². The van der Waals surface area contributed by atoms with Crippen molar-refractivity contribution in [2.45, 2.75) is 18.9 Å². The lowest BCUT2D eigenvalue weighted by Crippen LogP contribution is -2.30. The molecule has 1 aliphatic heterocycles. The lowest BCUT2D eigenvalue weighted by Gasteiger charge is -2.05. The molecule has 1 amide bonds. The Kier molecular flexibility index (Phi) is 3.47. The van der Waals surface area contributed by atoms with Gasteiger partial charge in [-0.3, -0.25) is 4.79 Å². The predicted octanol–water partition coefficient (Wildman–Crippen LogP) is 1.38. The first-order valence-electron chi connectivity index (χ1n) is 4.84. The summed E-state index contributed by atoms with van der Waals surface area (Å²) in [5.41, 5.74) is 2.48. The normalized spacial score (nSPS) is 20.9. The van der Waals surface area contributed by atoms with E-state index < -0.39 is 0 Å². The van der Waals surface area contributed by atoms with Gasteiger partial charge >= 0.3 is 0 Å². The van der Waals surface area contributed by atoms with Crippen molar-refractivity contribution >= 4 is 23.5 Å². The molecule has 4 nitrogen and oxygen atoms in total. The maximum Gasteiger partial charge on any atom is 0.269 e. The highest BCUT2D eigenvalue weighted by Crippen LogP contribution is 2.11. The summed E-state index contributed by atoms with van der Waals surface area (Å²) in [4.78, 5) is 12.4. The van der Waals surface area contributed by atoms with Crippen molar-refractivity contribution in [2.24, 2.45) is 5.10 Å². The maximum absolute atomic E-state index is 11.4. The second-order valence-electron chi connectivity index (χ2n) is 3.25. The van der Waals surface area contributed by atoms with E-state index in [9.17, 15) is 4.79 Å². The quantitative estimate of drug-likeness (QED) is 0.623. The molecule has 0 aromatic carbocycles. The first kappa shape index (κ1) is 10.3. The smallest absolute Gasteiger partial charge is 0.269 e. The number of nitrogens with one attached hydrogen (secondary N) is 1. The number of thiophene rings is 1. The minimum atomic E-state index is -0.314.